The number of ether oxygens (including phenoxy) is 2. The topological polar surface area (TPSA) is 79.5 Å². The van der Waals surface area contributed by atoms with E-state index in [0.717, 1.165) is 26.9 Å². The second-order valence-corrected chi connectivity index (χ2v) is 8.53. The fourth-order valence-electron chi connectivity index (χ4n) is 2.92. The minimum Gasteiger partial charge on any atom is -0.488 e. The van der Waals surface area contributed by atoms with Crippen molar-refractivity contribution in [1.29, 1.82) is 5.26 Å². The smallest absolute Gasteiger partial charge is 0.164 e. The number of rotatable bonds is 8. The number of nitriles is 1. The molecule has 0 aliphatic rings. The molecule has 3 aromatic rings. The number of nitrogens with one attached hydrogen (secondary N) is 1. The van der Waals surface area contributed by atoms with Crippen LogP contribution in [0.3, 0.4) is 0 Å². The number of anilines is 1. The van der Waals surface area contributed by atoms with Gasteiger partial charge in [0.05, 0.1) is 12.8 Å². The highest BCUT2D eigenvalue weighted by Crippen LogP contribution is 2.26. The van der Waals surface area contributed by atoms with Crippen molar-refractivity contribution >= 4 is 51.2 Å². The molecule has 0 unspecified atom stereocenters. The molecule has 9 heteroatoms. The first-order valence-electron chi connectivity index (χ1n) is 9.46. The van der Waals surface area contributed by atoms with Crippen LogP contribution >= 0.6 is 39.1 Å². The number of nitrogens with zero attached hydrogens (tertiary/aromatic N) is 3. The van der Waals surface area contributed by atoms with Gasteiger partial charge in [-0.15, -0.1) is 0 Å². The van der Waals surface area contributed by atoms with Crippen LogP contribution in [-0.2, 0) is 18.0 Å². The average Bonchev–Trinajstić information content (AvgIpc) is 2.74. The van der Waals surface area contributed by atoms with Crippen molar-refractivity contribution < 1.29 is 9.47 Å². The Kier molecular flexibility index (Phi) is 8.48. The molecule has 0 radical (unpaired) electrons. The summed E-state index contributed by atoms with van der Waals surface area (Å²) in [6.07, 6.45) is 1.60. The highest BCUT2D eigenvalue weighted by Gasteiger charge is 2.11. The second-order valence-electron chi connectivity index (χ2n) is 6.77. The van der Waals surface area contributed by atoms with E-state index in [4.69, 9.17) is 32.7 Å². The van der Waals surface area contributed by atoms with Crippen molar-refractivity contribution in [3.05, 3.63) is 84.9 Å². The lowest BCUT2D eigenvalue weighted by Crippen LogP contribution is -2.04. The van der Waals surface area contributed by atoms with E-state index in [9.17, 15) is 5.26 Å². The van der Waals surface area contributed by atoms with E-state index in [-0.39, 0.29) is 6.61 Å². The highest BCUT2D eigenvalue weighted by molar-refractivity contribution is 9.10. The fraction of sp³-hybridized carbons (Fsp3) is 0.174. The van der Waals surface area contributed by atoms with Crippen LogP contribution in [0, 0.1) is 18.3 Å². The minimum atomic E-state index is 0.268. The molecule has 0 amide bonds. The van der Waals surface area contributed by atoms with E-state index in [2.05, 4.69) is 37.5 Å². The molecule has 0 aliphatic carbocycles. The van der Waals surface area contributed by atoms with Gasteiger partial charge in [-0.2, -0.15) is 10.4 Å². The van der Waals surface area contributed by atoms with Crippen LogP contribution in [0.5, 0.6) is 5.75 Å². The van der Waals surface area contributed by atoms with Crippen LogP contribution in [0.4, 0.5) is 5.82 Å². The summed E-state index contributed by atoms with van der Waals surface area (Å²) in [5.41, 5.74) is 6.28. The van der Waals surface area contributed by atoms with Gasteiger partial charge in [0.1, 0.15) is 24.0 Å². The van der Waals surface area contributed by atoms with E-state index < -0.39 is 0 Å². The number of pyridine rings is 1. The van der Waals surface area contributed by atoms with Crippen molar-refractivity contribution in [1.82, 2.24) is 4.98 Å². The van der Waals surface area contributed by atoms with Crippen LogP contribution in [0.2, 0.25) is 10.0 Å². The minimum absolute atomic E-state index is 0.268. The highest BCUT2D eigenvalue weighted by atomic mass is 79.9. The van der Waals surface area contributed by atoms with Crippen molar-refractivity contribution in [2.75, 3.05) is 12.5 Å². The zero-order valence-corrected chi connectivity index (χ0v) is 20.4. The molecule has 1 N–H and O–H groups in total. The van der Waals surface area contributed by atoms with Gasteiger partial charge in [0.2, 0.25) is 0 Å². The monoisotopic (exact) mass is 532 g/mol. The third-order valence-electron chi connectivity index (χ3n) is 4.39. The van der Waals surface area contributed by atoms with E-state index in [1.807, 2.05) is 37.3 Å². The standard InChI is InChI=1S/C23H19BrCl2N4O2/c1-14-7-17(12-31-2)20(10-27)23(29-14)30-28-11-16-8-18(24)4-6-22(16)32-13-15-3-5-19(25)9-21(15)26/h3-9,11H,12-13H2,1-2H3,(H,29,30)/b28-11-. The predicted octanol–water partition coefficient (Wildman–Crippen LogP) is 6.50. The Balaban J connectivity index is 1.81. The van der Waals surface area contributed by atoms with Gasteiger partial charge in [0.25, 0.3) is 0 Å². The Morgan fingerprint density at radius 3 is 2.69 bits per heavy atom. The SMILES string of the molecule is COCc1cc(C)nc(N/N=C\c2cc(Br)ccc2OCc2ccc(Cl)cc2Cl)c1C#N. The molecule has 0 saturated carbocycles. The van der Waals surface area contributed by atoms with Crippen molar-refractivity contribution in [3.8, 4) is 11.8 Å². The molecule has 164 valence electrons. The molecule has 0 aliphatic heterocycles. The number of halogens is 3. The van der Waals surface area contributed by atoms with Gasteiger partial charge in [0.15, 0.2) is 5.82 Å². The van der Waals surface area contributed by atoms with Crippen LogP contribution in [-0.4, -0.2) is 18.3 Å². The molecule has 1 aromatic heterocycles. The average molecular weight is 534 g/mol. The molecule has 6 nitrogen and oxygen atoms in total. The number of hydrazone groups is 1. The Morgan fingerprint density at radius 1 is 1.16 bits per heavy atom. The maximum Gasteiger partial charge on any atom is 0.164 e. The number of aryl methyl sites for hydroxylation is 1. The predicted molar refractivity (Wildman–Crippen MR) is 131 cm³/mol. The van der Waals surface area contributed by atoms with Gasteiger partial charge in [0, 0.05) is 44.0 Å². The molecule has 32 heavy (non-hydrogen) atoms. The van der Waals surface area contributed by atoms with Crippen LogP contribution in [0.25, 0.3) is 0 Å². The summed E-state index contributed by atoms with van der Waals surface area (Å²) in [6.45, 7) is 2.42. The van der Waals surface area contributed by atoms with Crippen LogP contribution in [0.15, 0.2) is 52.0 Å². The molecule has 0 spiro atoms. The van der Waals surface area contributed by atoms with Gasteiger partial charge >= 0.3 is 0 Å². The summed E-state index contributed by atoms with van der Waals surface area (Å²) < 4.78 is 12.0. The molecular formula is C23H19BrCl2N4O2. The maximum absolute atomic E-state index is 9.55. The van der Waals surface area contributed by atoms with Gasteiger partial charge < -0.3 is 9.47 Å². The van der Waals surface area contributed by atoms with Crippen molar-refractivity contribution in [2.45, 2.75) is 20.1 Å². The van der Waals surface area contributed by atoms with Gasteiger partial charge in [-0.05, 0) is 43.3 Å². The largest absolute Gasteiger partial charge is 0.488 e. The van der Waals surface area contributed by atoms with E-state index in [1.54, 1.807) is 25.5 Å². The normalized spacial score (nSPS) is 10.9. The van der Waals surface area contributed by atoms with E-state index >= 15 is 0 Å². The number of aromatic nitrogens is 1. The molecule has 3 rings (SSSR count). The molecule has 0 bridgehead atoms. The lowest BCUT2D eigenvalue weighted by molar-refractivity contribution is 0.184. The first-order valence-corrected chi connectivity index (χ1v) is 11.0. The Bertz CT molecular complexity index is 1200. The summed E-state index contributed by atoms with van der Waals surface area (Å²) in [4.78, 5) is 4.38. The number of hydrogen-bond acceptors (Lipinski definition) is 6. The molecule has 2 aromatic carbocycles. The van der Waals surface area contributed by atoms with Gasteiger partial charge in [-0.3, -0.25) is 5.43 Å². The third-order valence-corrected chi connectivity index (χ3v) is 5.47. The Hall–Kier alpha value is -2.63. The lowest BCUT2D eigenvalue weighted by atomic mass is 10.1. The summed E-state index contributed by atoms with van der Waals surface area (Å²) >= 11 is 15.7. The molecule has 0 fully saturated rings. The third kappa shape index (κ3) is 6.21. The maximum atomic E-state index is 9.55. The number of benzene rings is 2. The van der Waals surface area contributed by atoms with E-state index in [0.29, 0.717) is 33.8 Å². The first kappa shape index (κ1) is 24.0. The first-order chi connectivity index (χ1) is 15.4. The Labute approximate surface area is 204 Å². The molecule has 0 atom stereocenters. The van der Waals surface area contributed by atoms with Crippen LogP contribution < -0.4 is 10.2 Å². The molecular weight excluding hydrogens is 515 g/mol. The quantitative estimate of drug-likeness (QED) is 0.264. The summed E-state index contributed by atoms with van der Waals surface area (Å²) in [5, 5.41) is 14.9. The Morgan fingerprint density at radius 2 is 1.97 bits per heavy atom. The fourth-order valence-corrected chi connectivity index (χ4v) is 3.77. The van der Waals surface area contributed by atoms with Crippen LogP contribution in [0.1, 0.15) is 27.9 Å². The molecule has 0 saturated heterocycles. The van der Waals surface area contributed by atoms with Gasteiger partial charge in [-0.25, -0.2) is 4.98 Å². The number of hydrogen-bond donors (Lipinski definition) is 1. The summed E-state index contributed by atoms with van der Waals surface area (Å²) in [7, 11) is 1.58. The van der Waals surface area contributed by atoms with E-state index in [1.165, 1.54) is 0 Å². The zero-order valence-electron chi connectivity index (χ0n) is 17.3. The number of methoxy groups -OCH3 is 1. The van der Waals surface area contributed by atoms with Crippen molar-refractivity contribution in [2.24, 2.45) is 5.10 Å². The van der Waals surface area contributed by atoms with Crippen molar-refractivity contribution in [3.63, 3.8) is 0 Å². The lowest BCUT2D eigenvalue weighted by Gasteiger charge is -2.11. The summed E-state index contributed by atoms with van der Waals surface area (Å²) in [5.74, 6) is 0.976. The molecule has 1 heterocycles. The zero-order chi connectivity index (χ0) is 23.1. The van der Waals surface area contributed by atoms with Gasteiger partial charge in [-0.1, -0.05) is 45.2 Å². The second kappa shape index (κ2) is 11.3. The summed E-state index contributed by atoms with van der Waals surface area (Å²) in [6, 6.07) is 14.8.